The average molecular weight is 287 g/mol. The maximum Gasteiger partial charge on any atom is 0.0608 e. The quantitative estimate of drug-likeness (QED) is 0.917. The molecule has 2 heterocycles. The molecule has 1 aromatic rings. The molecule has 0 amide bonds. The number of hydrogen-bond donors (Lipinski definition) is 1. The first-order valence-corrected chi connectivity index (χ1v) is 8.48. The Kier molecular flexibility index (Phi) is 4.39. The Morgan fingerprint density at radius 3 is 2.43 bits per heavy atom. The number of benzene rings is 1. The molecule has 0 radical (unpaired) electrons. The Balaban J connectivity index is 1.89. The molecular weight excluding hydrogens is 258 g/mol. The molecular formula is C18H29N3. The van der Waals surface area contributed by atoms with E-state index in [1.807, 2.05) is 0 Å². The summed E-state index contributed by atoms with van der Waals surface area (Å²) in [5.74, 6) is 0. The van der Waals surface area contributed by atoms with Crippen molar-refractivity contribution in [1.29, 1.82) is 0 Å². The third-order valence-electron chi connectivity index (χ3n) is 5.11. The number of anilines is 2. The van der Waals surface area contributed by atoms with Crippen LogP contribution < -0.4 is 15.1 Å². The van der Waals surface area contributed by atoms with Crippen LogP contribution in [-0.4, -0.2) is 38.8 Å². The van der Waals surface area contributed by atoms with Crippen molar-refractivity contribution in [3.05, 3.63) is 24.3 Å². The Hall–Kier alpha value is -1.22. The van der Waals surface area contributed by atoms with Crippen molar-refractivity contribution >= 4 is 11.4 Å². The molecule has 2 aliphatic rings. The monoisotopic (exact) mass is 287 g/mol. The SMILES string of the molecule is CCNC1CC2CCCC(C1)N2c1ccccc1N(C)C. The molecule has 1 aromatic carbocycles. The number of rotatable bonds is 4. The van der Waals surface area contributed by atoms with Crippen LogP contribution in [0.3, 0.4) is 0 Å². The van der Waals surface area contributed by atoms with Crippen LogP contribution in [0.2, 0.25) is 0 Å². The highest BCUT2D eigenvalue weighted by molar-refractivity contribution is 5.72. The molecule has 21 heavy (non-hydrogen) atoms. The molecule has 116 valence electrons. The van der Waals surface area contributed by atoms with Crippen molar-refractivity contribution in [2.24, 2.45) is 0 Å². The molecule has 0 spiro atoms. The molecule has 0 aromatic heterocycles. The van der Waals surface area contributed by atoms with Crippen LogP contribution in [-0.2, 0) is 0 Å². The minimum atomic E-state index is 0.711. The molecule has 1 N–H and O–H groups in total. The van der Waals surface area contributed by atoms with Gasteiger partial charge in [0, 0.05) is 32.2 Å². The lowest BCUT2D eigenvalue weighted by Crippen LogP contribution is -2.56. The van der Waals surface area contributed by atoms with Crippen molar-refractivity contribution in [3.8, 4) is 0 Å². The van der Waals surface area contributed by atoms with Crippen molar-refractivity contribution in [1.82, 2.24) is 5.32 Å². The number of piperidine rings is 2. The van der Waals surface area contributed by atoms with E-state index in [1.54, 1.807) is 0 Å². The molecule has 0 aliphatic carbocycles. The minimum Gasteiger partial charge on any atom is -0.376 e. The van der Waals surface area contributed by atoms with E-state index in [0.29, 0.717) is 18.1 Å². The predicted molar refractivity (Wildman–Crippen MR) is 91.4 cm³/mol. The smallest absolute Gasteiger partial charge is 0.0608 e. The number of para-hydroxylation sites is 2. The first kappa shape index (κ1) is 14.7. The molecule has 2 saturated heterocycles. The third kappa shape index (κ3) is 2.89. The summed E-state index contributed by atoms with van der Waals surface area (Å²) < 4.78 is 0. The standard InChI is InChI=1S/C18H29N3/c1-4-19-14-12-15-8-7-9-16(13-14)21(15)18-11-6-5-10-17(18)20(2)3/h5-6,10-11,14-16,19H,4,7-9,12-13H2,1-3H3. The van der Waals surface area contributed by atoms with Crippen LogP contribution in [0.25, 0.3) is 0 Å². The van der Waals surface area contributed by atoms with E-state index in [2.05, 4.69) is 60.4 Å². The molecule has 2 atom stereocenters. The number of fused-ring (bicyclic) bond motifs is 2. The number of hydrogen-bond acceptors (Lipinski definition) is 3. The van der Waals surface area contributed by atoms with Gasteiger partial charge in [0.05, 0.1) is 11.4 Å². The summed E-state index contributed by atoms with van der Waals surface area (Å²) in [4.78, 5) is 4.99. The Labute approximate surface area is 129 Å². The fraction of sp³-hybridized carbons (Fsp3) is 0.667. The fourth-order valence-electron chi connectivity index (χ4n) is 4.29. The van der Waals surface area contributed by atoms with E-state index >= 15 is 0 Å². The van der Waals surface area contributed by atoms with Crippen LogP contribution in [0.4, 0.5) is 11.4 Å². The van der Waals surface area contributed by atoms with Crippen molar-refractivity contribution in [2.45, 2.75) is 57.2 Å². The van der Waals surface area contributed by atoms with Gasteiger partial charge in [0.25, 0.3) is 0 Å². The van der Waals surface area contributed by atoms with E-state index in [4.69, 9.17) is 0 Å². The lowest BCUT2D eigenvalue weighted by atomic mass is 9.81. The van der Waals surface area contributed by atoms with Crippen molar-refractivity contribution in [2.75, 3.05) is 30.4 Å². The number of nitrogens with zero attached hydrogens (tertiary/aromatic N) is 2. The van der Waals surface area contributed by atoms with Gasteiger partial charge < -0.3 is 15.1 Å². The highest BCUT2D eigenvalue weighted by atomic mass is 15.2. The Bertz CT molecular complexity index is 457. The second-order valence-corrected chi connectivity index (χ2v) is 6.75. The maximum atomic E-state index is 3.69. The van der Waals surface area contributed by atoms with Gasteiger partial charge in [-0.05, 0) is 50.8 Å². The van der Waals surface area contributed by atoms with E-state index in [9.17, 15) is 0 Å². The topological polar surface area (TPSA) is 18.5 Å². The van der Waals surface area contributed by atoms with Crippen LogP contribution in [0.1, 0.15) is 39.0 Å². The second kappa shape index (κ2) is 6.27. The summed E-state index contributed by atoms with van der Waals surface area (Å²) in [6.07, 6.45) is 6.69. The van der Waals surface area contributed by atoms with Crippen LogP contribution in [0.5, 0.6) is 0 Å². The molecule has 2 fully saturated rings. The Morgan fingerprint density at radius 2 is 1.81 bits per heavy atom. The van der Waals surface area contributed by atoms with Gasteiger partial charge in [-0.2, -0.15) is 0 Å². The van der Waals surface area contributed by atoms with Gasteiger partial charge in [0.2, 0.25) is 0 Å². The number of nitrogens with one attached hydrogen (secondary N) is 1. The molecule has 0 saturated carbocycles. The fourth-order valence-corrected chi connectivity index (χ4v) is 4.29. The van der Waals surface area contributed by atoms with Gasteiger partial charge in [0.15, 0.2) is 0 Å². The predicted octanol–water partition coefficient (Wildman–Crippen LogP) is 3.25. The lowest BCUT2D eigenvalue weighted by Gasteiger charge is -2.51. The molecule has 3 rings (SSSR count). The zero-order chi connectivity index (χ0) is 14.8. The zero-order valence-corrected chi connectivity index (χ0v) is 13.7. The molecule has 2 unspecified atom stereocenters. The maximum absolute atomic E-state index is 3.69. The van der Waals surface area contributed by atoms with Crippen LogP contribution in [0, 0.1) is 0 Å². The zero-order valence-electron chi connectivity index (χ0n) is 13.7. The highest BCUT2D eigenvalue weighted by Crippen LogP contribution is 2.41. The molecule has 3 heteroatoms. The van der Waals surface area contributed by atoms with Gasteiger partial charge in [-0.3, -0.25) is 0 Å². The largest absolute Gasteiger partial charge is 0.376 e. The van der Waals surface area contributed by atoms with E-state index in [1.165, 1.54) is 43.5 Å². The first-order chi connectivity index (χ1) is 10.2. The van der Waals surface area contributed by atoms with Crippen LogP contribution in [0.15, 0.2) is 24.3 Å². The molecule has 3 nitrogen and oxygen atoms in total. The van der Waals surface area contributed by atoms with Gasteiger partial charge in [-0.1, -0.05) is 19.1 Å². The van der Waals surface area contributed by atoms with E-state index in [0.717, 1.165) is 6.54 Å². The normalized spacial score (nSPS) is 28.5. The summed E-state index contributed by atoms with van der Waals surface area (Å²) in [5.41, 5.74) is 2.79. The summed E-state index contributed by atoms with van der Waals surface area (Å²) in [7, 11) is 4.31. The average Bonchev–Trinajstić information content (AvgIpc) is 2.46. The second-order valence-electron chi connectivity index (χ2n) is 6.75. The highest BCUT2D eigenvalue weighted by Gasteiger charge is 2.38. The van der Waals surface area contributed by atoms with E-state index in [-0.39, 0.29) is 0 Å². The van der Waals surface area contributed by atoms with Gasteiger partial charge in [-0.25, -0.2) is 0 Å². The summed E-state index contributed by atoms with van der Waals surface area (Å²) >= 11 is 0. The summed E-state index contributed by atoms with van der Waals surface area (Å²) in [6, 6.07) is 11.0. The van der Waals surface area contributed by atoms with E-state index < -0.39 is 0 Å². The molecule has 2 bridgehead atoms. The minimum absolute atomic E-state index is 0.711. The van der Waals surface area contributed by atoms with Crippen molar-refractivity contribution in [3.63, 3.8) is 0 Å². The van der Waals surface area contributed by atoms with Gasteiger partial charge >= 0.3 is 0 Å². The Morgan fingerprint density at radius 1 is 1.14 bits per heavy atom. The summed E-state index contributed by atoms with van der Waals surface area (Å²) in [5, 5.41) is 3.69. The van der Waals surface area contributed by atoms with Crippen LogP contribution >= 0.6 is 0 Å². The van der Waals surface area contributed by atoms with Gasteiger partial charge in [-0.15, -0.1) is 0 Å². The third-order valence-corrected chi connectivity index (χ3v) is 5.11. The van der Waals surface area contributed by atoms with Crippen molar-refractivity contribution < 1.29 is 0 Å². The first-order valence-electron chi connectivity index (χ1n) is 8.48. The molecule has 2 aliphatic heterocycles. The lowest BCUT2D eigenvalue weighted by molar-refractivity contribution is 0.248. The van der Waals surface area contributed by atoms with Gasteiger partial charge in [0.1, 0.15) is 0 Å². The summed E-state index contributed by atoms with van der Waals surface area (Å²) in [6.45, 7) is 3.32.